The van der Waals surface area contributed by atoms with Crippen molar-refractivity contribution in [3.63, 3.8) is 0 Å². The van der Waals surface area contributed by atoms with Crippen LogP contribution in [-0.4, -0.2) is 85.5 Å². The van der Waals surface area contributed by atoms with Crippen molar-refractivity contribution in [2.45, 2.75) is 310 Å². The third kappa shape index (κ3) is 20.3. The number of aliphatic hydroxyl groups is 4. The lowest BCUT2D eigenvalue weighted by molar-refractivity contribution is -0.250. The summed E-state index contributed by atoms with van der Waals surface area (Å²) in [6, 6.07) is 0. The van der Waals surface area contributed by atoms with Gasteiger partial charge in [-0.2, -0.15) is 0 Å². The second-order valence-electron chi connectivity index (χ2n) is 13.2. The smallest absolute Gasteiger partial charge is 0.309 e. The first-order chi connectivity index (χ1) is 32.5. The predicted molar refractivity (Wildman–Crippen MR) is 301 cm³/mol. The van der Waals surface area contributed by atoms with E-state index in [-0.39, 0.29) is 5.57 Å². The van der Waals surface area contributed by atoms with Crippen LogP contribution in [0.4, 0.5) is 0 Å². The van der Waals surface area contributed by atoms with Gasteiger partial charge in [-0.3, -0.25) is 14.4 Å². The van der Waals surface area contributed by atoms with Crippen molar-refractivity contribution < 1.29 is 49.0 Å². The van der Waals surface area contributed by atoms with Gasteiger partial charge in [-0.1, -0.05) is 255 Å². The summed E-state index contributed by atoms with van der Waals surface area (Å²) in [5.41, 5.74) is -7.95. The summed E-state index contributed by atoms with van der Waals surface area (Å²) in [6.07, 6.45) is -0.627. The number of aliphatic hydroxyl groups excluding tert-OH is 2. The summed E-state index contributed by atoms with van der Waals surface area (Å²) in [5.74, 6) is -6.27. The highest BCUT2D eigenvalue weighted by molar-refractivity contribution is 6.05. The first-order valence-corrected chi connectivity index (χ1v) is 28.5. The lowest BCUT2D eigenvalue weighted by Gasteiger charge is -2.54. The van der Waals surface area contributed by atoms with Gasteiger partial charge in [0.05, 0.1) is 24.2 Å². The highest BCUT2D eigenvalue weighted by Gasteiger charge is 2.92. The zero-order valence-electron chi connectivity index (χ0n) is 53.1. The summed E-state index contributed by atoms with van der Waals surface area (Å²) in [4.78, 5) is 38.8. The van der Waals surface area contributed by atoms with Crippen LogP contribution >= 0.6 is 0 Å². The fourth-order valence-electron chi connectivity index (χ4n) is 8.29. The van der Waals surface area contributed by atoms with E-state index in [2.05, 4.69) is 13.8 Å². The first-order valence-electron chi connectivity index (χ1n) is 28.5. The molecule has 4 fully saturated rings. The average molecular weight is 988 g/mol. The van der Waals surface area contributed by atoms with E-state index in [9.17, 15) is 34.8 Å². The molecule has 12 unspecified atom stereocenters. The Morgan fingerprint density at radius 1 is 0.706 bits per heavy atom. The van der Waals surface area contributed by atoms with Crippen LogP contribution in [-0.2, 0) is 28.6 Å². The monoisotopic (exact) mass is 987 g/mol. The Bertz CT molecular complexity index is 1120. The molecule has 1 saturated heterocycles. The second-order valence-corrected chi connectivity index (χ2v) is 13.2. The Morgan fingerprint density at radius 2 is 1.04 bits per heavy atom. The zero-order valence-corrected chi connectivity index (χ0v) is 53.1. The number of fused-ring (bicyclic) bond motifs is 7. The molecule has 4 aliphatic carbocycles. The molecule has 5 rings (SSSR count). The number of Topliss-reactive ketones (excluding diaryl/α,β-unsaturated/α-hetero) is 1. The predicted octanol–water partition coefficient (Wildman–Crippen LogP) is 16.1. The fourth-order valence-corrected chi connectivity index (χ4v) is 8.29. The minimum atomic E-state index is -2.24. The average Bonchev–Trinajstić information content (AvgIpc) is 4.27. The maximum absolute atomic E-state index is 13.3. The number of carbonyl (C=O) groups is 3. The molecule has 0 spiro atoms. The van der Waals surface area contributed by atoms with Crippen LogP contribution in [0.15, 0.2) is 11.6 Å². The molecule has 0 aromatic rings. The van der Waals surface area contributed by atoms with Gasteiger partial charge in [0.1, 0.15) is 17.8 Å². The van der Waals surface area contributed by atoms with E-state index >= 15 is 0 Å². The number of epoxide rings is 1. The molecule has 10 heteroatoms. The van der Waals surface area contributed by atoms with Gasteiger partial charge < -0.3 is 34.6 Å². The van der Waals surface area contributed by atoms with Gasteiger partial charge in [-0.05, 0) is 18.9 Å². The van der Waals surface area contributed by atoms with Crippen LogP contribution in [0.1, 0.15) is 269 Å². The topological polar surface area (TPSA) is 163 Å². The molecule has 4 N–H and O–H groups in total. The van der Waals surface area contributed by atoms with Crippen LogP contribution in [0, 0.1) is 35.0 Å². The minimum absolute atomic E-state index is 0.227. The summed E-state index contributed by atoms with van der Waals surface area (Å²) >= 11 is 0. The largest absolute Gasteiger partial charge is 0.458 e. The van der Waals surface area contributed by atoms with Crippen molar-refractivity contribution >= 4 is 17.7 Å². The van der Waals surface area contributed by atoms with Gasteiger partial charge in [0.15, 0.2) is 17.0 Å². The number of ketones is 1. The highest BCUT2D eigenvalue weighted by atomic mass is 16.7. The van der Waals surface area contributed by atoms with Crippen LogP contribution < -0.4 is 0 Å². The fraction of sp³-hybridized carbons (Fsp3) is 0.914. The highest BCUT2D eigenvalue weighted by Crippen LogP contribution is 2.79. The Morgan fingerprint density at radius 3 is 1.34 bits per heavy atom. The van der Waals surface area contributed by atoms with E-state index in [0.29, 0.717) is 6.42 Å². The number of hydrogen-bond acceptors (Lipinski definition) is 10. The van der Waals surface area contributed by atoms with Crippen molar-refractivity contribution in [3.05, 3.63) is 11.6 Å². The number of hydrogen-bond donors (Lipinski definition) is 4. The van der Waals surface area contributed by atoms with Crippen molar-refractivity contribution in [1.82, 2.24) is 0 Å². The van der Waals surface area contributed by atoms with Crippen molar-refractivity contribution in [2.75, 3.05) is 6.61 Å². The lowest BCUT2D eigenvalue weighted by Crippen LogP contribution is -2.69. The van der Waals surface area contributed by atoms with E-state index in [4.69, 9.17) is 14.2 Å². The third-order valence-corrected chi connectivity index (χ3v) is 10.6. The van der Waals surface area contributed by atoms with E-state index in [1.807, 2.05) is 215 Å². The molecule has 422 valence electrons. The number of esters is 2. The van der Waals surface area contributed by atoms with Gasteiger partial charge in [-0.15, -0.1) is 0 Å². The van der Waals surface area contributed by atoms with Crippen LogP contribution in [0.5, 0.6) is 0 Å². The standard InChI is InChI=1S/C27H38O10.C3H8.14C2H6/c1-8-11(2)21(32)36-27-17(23(27,6)7)16-19(31)24(10-28)22(37-24)26(34)15(9-12(3)18(26)30)25(16,33)13(4)20(27)35-14(5)29;1-3-2;14*1-2/h9,11,13,15-17,19-20,22,28,31,33-34H,8,10H2,1-7H3;3H2,1-2H3;14*1-2H3. The summed E-state index contributed by atoms with van der Waals surface area (Å²) in [5, 5.41) is 46.7. The molecule has 0 radical (unpaired) electrons. The number of ether oxygens (including phenoxy) is 3. The number of rotatable bonds is 5. The molecule has 5 aliphatic rings. The lowest BCUT2D eigenvalue weighted by atomic mass is 9.58. The maximum Gasteiger partial charge on any atom is 0.309 e. The molecule has 3 saturated carbocycles. The molecule has 0 aromatic carbocycles. The summed E-state index contributed by atoms with van der Waals surface area (Å²) in [6.45, 7) is 71.1. The molecule has 0 aromatic heterocycles. The molecular formula is C58H130O10. The van der Waals surface area contributed by atoms with Crippen molar-refractivity contribution in [1.29, 1.82) is 0 Å². The summed E-state index contributed by atoms with van der Waals surface area (Å²) < 4.78 is 17.8. The zero-order chi connectivity index (χ0) is 58.4. The summed E-state index contributed by atoms with van der Waals surface area (Å²) in [7, 11) is 0. The molecule has 10 nitrogen and oxygen atoms in total. The SMILES string of the molecule is CC.CC.CC.CC.CC.CC.CC.CC.CC.CC.CC.CC.CC.CC.CCC.CCC(C)C(=O)OC12C(OC(C)=O)C(C)C3(O)C(C(O)C4(CO)OC4C4(O)C(=O)C(C)=CC43)C1C2(C)C. The Balaban J connectivity index is -0.0000000991. The van der Waals surface area contributed by atoms with Crippen LogP contribution in [0.25, 0.3) is 0 Å². The van der Waals surface area contributed by atoms with Gasteiger partial charge in [0, 0.05) is 36.0 Å². The maximum atomic E-state index is 13.3. The van der Waals surface area contributed by atoms with E-state index < -0.39 is 100 Å². The molecular weight excluding hydrogens is 857 g/mol. The normalized spacial score (nSPS) is 29.5. The molecule has 0 amide bonds. The van der Waals surface area contributed by atoms with Crippen molar-refractivity contribution in [2.24, 2.45) is 35.0 Å². The quantitative estimate of drug-likeness (QED) is 0.154. The number of carbonyl (C=O) groups excluding carboxylic acids is 3. The van der Waals surface area contributed by atoms with Gasteiger partial charge >= 0.3 is 11.9 Å². The Labute approximate surface area is 428 Å². The van der Waals surface area contributed by atoms with Crippen molar-refractivity contribution in [3.8, 4) is 0 Å². The molecule has 1 heterocycles. The molecule has 0 bridgehead atoms. The molecule has 12 atom stereocenters. The van der Waals surface area contributed by atoms with E-state index in [0.717, 1.165) is 0 Å². The van der Waals surface area contributed by atoms with Crippen LogP contribution in [0.3, 0.4) is 0 Å². The third-order valence-electron chi connectivity index (χ3n) is 10.6. The first kappa shape index (κ1) is 92.3. The molecule has 1 aliphatic heterocycles. The second kappa shape index (κ2) is 53.0. The van der Waals surface area contributed by atoms with Gasteiger partial charge in [0.2, 0.25) is 0 Å². The van der Waals surface area contributed by atoms with E-state index in [1.165, 1.54) is 26.3 Å². The Kier molecular flexibility index (Phi) is 71.9. The van der Waals surface area contributed by atoms with E-state index in [1.54, 1.807) is 13.8 Å². The molecule has 68 heavy (non-hydrogen) atoms. The Hall–Kier alpha value is -1.85. The minimum Gasteiger partial charge on any atom is -0.458 e. The van der Waals surface area contributed by atoms with Gasteiger partial charge in [0.25, 0.3) is 0 Å². The van der Waals surface area contributed by atoms with Crippen LogP contribution in [0.2, 0.25) is 0 Å². The van der Waals surface area contributed by atoms with Gasteiger partial charge in [-0.25, -0.2) is 0 Å².